The van der Waals surface area contributed by atoms with Gasteiger partial charge in [0.2, 0.25) is 0 Å². The summed E-state index contributed by atoms with van der Waals surface area (Å²) in [4.78, 5) is 7.25. The molecule has 1 atom stereocenters. The first kappa shape index (κ1) is 9.40. The zero-order valence-corrected chi connectivity index (χ0v) is 9.66. The molecule has 3 nitrogen and oxygen atoms in total. The molecule has 0 unspecified atom stereocenters. The molecule has 0 amide bonds. The molecule has 0 N–H and O–H groups in total. The number of fused-ring (bicyclic) bond motifs is 3. The molecular formula is C12H19N3. The highest BCUT2D eigenvalue weighted by Gasteiger charge is 2.28. The van der Waals surface area contributed by atoms with Crippen LogP contribution in [-0.2, 0) is 19.4 Å². The minimum atomic E-state index is 0.549. The van der Waals surface area contributed by atoms with Gasteiger partial charge in [-0.3, -0.25) is 4.90 Å². The van der Waals surface area contributed by atoms with E-state index in [1.807, 2.05) is 0 Å². The van der Waals surface area contributed by atoms with Gasteiger partial charge in [-0.2, -0.15) is 0 Å². The highest BCUT2D eigenvalue weighted by molar-refractivity contribution is 5.24. The van der Waals surface area contributed by atoms with E-state index in [0.29, 0.717) is 6.04 Å². The third-order valence-corrected chi connectivity index (χ3v) is 3.95. The quantitative estimate of drug-likeness (QED) is 0.643. The lowest BCUT2D eigenvalue weighted by molar-refractivity contribution is 0.234. The van der Waals surface area contributed by atoms with Crippen molar-refractivity contribution in [2.24, 2.45) is 0 Å². The maximum Gasteiger partial charge on any atom is 0.109 e. The van der Waals surface area contributed by atoms with Gasteiger partial charge < -0.3 is 4.57 Å². The largest absolute Gasteiger partial charge is 0.330 e. The summed E-state index contributed by atoms with van der Waals surface area (Å²) in [6.45, 7) is 4.65. The Morgan fingerprint density at radius 2 is 2.07 bits per heavy atom. The smallest absolute Gasteiger partial charge is 0.109 e. The second-order valence-electron chi connectivity index (χ2n) is 4.88. The molecule has 2 aliphatic heterocycles. The van der Waals surface area contributed by atoms with E-state index in [1.165, 1.54) is 43.0 Å². The van der Waals surface area contributed by atoms with Gasteiger partial charge in [0.1, 0.15) is 5.82 Å². The van der Waals surface area contributed by atoms with E-state index >= 15 is 0 Å². The van der Waals surface area contributed by atoms with E-state index < -0.39 is 0 Å². The van der Waals surface area contributed by atoms with Crippen molar-refractivity contribution in [2.75, 3.05) is 13.6 Å². The van der Waals surface area contributed by atoms with Gasteiger partial charge in [-0.05, 0) is 26.8 Å². The molecule has 0 saturated heterocycles. The Balaban J connectivity index is 2.10. The van der Waals surface area contributed by atoms with Crippen LogP contribution in [0.2, 0.25) is 0 Å². The Morgan fingerprint density at radius 3 is 2.93 bits per heavy atom. The molecule has 1 aromatic heterocycles. The normalized spacial score (nSPS) is 26.1. The molecule has 0 saturated carbocycles. The molecule has 0 spiro atoms. The van der Waals surface area contributed by atoms with E-state index in [4.69, 9.17) is 4.98 Å². The molecule has 0 bridgehead atoms. The highest BCUT2D eigenvalue weighted by Crippen LogP contribution is 2.31. The van der Waals surface area contributed by atoms with Crippen LogP contribution in [0.5, 0.6) is 0 Å². The van der Waals surface area contributed by atoms with Crippen LogP contribution in [0, 0.1) is 0 Å². The average molecular weight is 205 g/mol. The van der Waals surface area contributed by atoms with E-state index in [9.17, 15) is 0 Å². The summed E-state index contributed by atoms with van der Waals surface area (Å²) in [7, 11) is 2.22. The molecule has 0 aromatic carbocycles. The van der Waals surface area contributed by atoms with E-state index in [-0.39, 0.29) is 0 Å². The second kappa shape index (κ2) is 3.34. The van der Waals surface area contributed by atoms with Gasteiger partial charge >= 0.3 is 0 Å². The fourth-order valence-corrected chi connectivity index (χ4v) is 2.90. The molecule has 2 aliphatic rings. The van der Waals surface area contributed by atoms with Crippen molar-refractivity contribution < 1.29 is 0 Å². The SMILES string of the molecule is C[C@H]1c2c(nc3n2CCCC3)CCN1C. The number of hydrogen-bond donors (Lipinski definition) is 0. The zero-order chi connectivity index (χ0) is 10.4. The summed E-state index contributed by atoms with van der Waals surface area (Å²) in [5.74, 6) is 1.34. The summed E-state index contributed by atoms with van der Waals surface area (Å²) in [6.07, 6.45) is 4.96. The Kier molecular flexibility index (Phi) is 2.09. The molecule has 3 heteroatoms. The third kappa shape index (κ3) is 1.33. The molecule has 15 heavy (non-hydrogen) atoms. The Bertz CT molecular complexity index is 380. The Morgan fingerprint density at radius 1 is 1.20 bits per heavy atom. The lowest BCUT2D eigenvalue weighted by atomic mass is 10.0. The van der Waals surface area contributed by atoms with Crippen molar-refractivity contribution in [3.05, 3.63) is 17.2 Å². The number of likely N-dealkylation sites (N-methyl/N-ethyl adjacent to an activating group) is 1. The van der Waals surface area contributed by atoms with E-state index in [1.54, 1.807) is 0 Å². The molecule has 1 aromatic rings. The topological polar surface area (TPSA) is 21.1 Å². The number of nitrogens with zero attached hydrogens (tertiary/aromatic N) is 3. The number of imidazole rings is 1. The van der Waals surface area contributed by atoms with Crippen molar-refractivity contribution in [3.8, 4) is 0 Å². The molecular weight excluding hydrogens is 186 g/mol. The summed E-state index contributed by atoms with van der Waals surface area (Å²) >= 11 is 0. The fourth-order valence-electron chi connectivity index (χ4n) is 2.90. The van der Waals surface area contributed by atoms with Crippen LogP contribution in [0.3, 0.4) is 0 Å². The van der Waals surface area contributed by atoms with Gasteiger partial charge in [0.25, 0.3) is 0 Å². The van der Waals surface area contributed by atoms with Crippen molar-refractivity contribution in [1.82, 2.24) is 14.5 Å². The molecule has 0 fully saturated rings. The summed E-state index contributed by atoms with van der Waals surface area (Å²) in [5.41, 5.74) is 2.87. The molecule has 0 radical (unpaired) electrons. The van der Waals surface area contributed by atoms with E-state index in [0.717, 1.165) is 13.0 Å². The first-order valence-electron chi connectivity index (χ1n) is 6.06. The number of aryl methyl sites for hydroxylation is 1. The van der Waals surface area contributed by atoms with Crippen molar-refractivity contribution in [3.63, 3.8) is 0 Å². The first-order valence-corrected chi connectivity index (χ1v) is 6.06. The summed E-state index contributed by atoms with van der Waals surface area (Å²) in [6, 6.07) is 0.549. The predicted molar refractivity (Wildman–Crippen MR) is 59.9 cm³/mol. The minimum Gasteiger partial charge on any atom is -0.330 e. The van der Waals surface area contributed by atoms with Crippen LogP contribution in [0.15, 0.2) is 0 Å². The average Bonchev–Trinajstić information content (AvgIpc) is 2.62. The van der Waals surface area contributed by atoms with Crippen molar-refractivity contribution in [2.45, 2.75) is 45.2 Å². The minimum absolute atomic E-state index is 0.549. The fraction of sp³-hybridized carbons (Fsp3) is 0.750. The lowest BCUT2D eigenvalue weighted by Gasteiger charge is -2.31. The maximum absolute atomic E-state index is 4.81. The standard InChI is InChI=1S/C12H19N3/c1-9-12-10(6-8-14(9)2)13-11-5-3-4-7-15(11)12/h9H,3-8H2,1-2H3/t9-/m0/s1. The van der Waals surface area contributed by atoms with Crippen LogP contribution in [0.4, 0.5) is 0 Å². The van der Waals surface area contributed by atoms with Gasteiger partial charge in [-0.15, -0.1) is 0 Å². The summed E-state index contributed by atoms with van der Waals surface area (Å²) < 4.78 is 2.49. The number of rotatable bonds is 0. The van der Waals surface area contributed by atoms with Crippen LogP contribution < -0.4 is 0 Å². The van der Waals surface area contributed by atoms with Gasteiger partial charge in [-0.1, -0.05) is 0 Å². The van der Waals surface area contributed by atoms with Crippen LogP contribution in [0.25, 0.3) is 0 Å². The van der Waals surface area contributed by atoms with Gasteiger partial charge in [0.05, 0.1) is 11.4 Å². The van der Waals surface area contributed by atoms with Crippen LogP contribution >= 0.6 is 0 Å². The van der Waals surface area contributed by atoms with Crippen molar-refractivity contribution in [1.29, 1.82) is 0 Å². The molecule has 0 aliphatic carbocycles. The molecule has 82 valence electrons. The van der Waals surface area contributed by atoms with Gasteiger partial charge in [0, 0.05) is 32.0 Å². The van der Waals surface area contributed by atoms with Gasteiger partial charge in [0.15, 0.2) is 0 Å². The molecule has 3 heterocycles. The van der Waals surface area contributed by atoms with E-state index in [2.05, 4.69) is 23.4 Å². The van der Waals surface area contributed by atoms with Gasteiger partial charge in [-0.25, -0.2) is 4.98 Å². The monoisotopic (exact) mass is 205 g/mol. The maximum atomic E-state index is 4.81. The number of aromatic nitrogens is 2. The first-order chi connectivity index (χ1) is 7.27. The highest BCUT2D eigenvalue weighted by atomic mass is 15.2. The Labute approximate surface area is 91.1 Å². The third-order valence-electron chi connectivity index (χ3n) is 3.95. The lowest BCUT2D eigenvalue weighted by Crippen LogP contribution is -2.32. The predicted octanol–water partition coefficient (Wildman–Crippen LogP) is 1.77. The Hall–Kier alpha value is -0.830. The molecule has 3 rings (SSSR count). The van der Waals surface area contributed by atoms with Crippen molar-refractivity contribution >= 4 is 0 Å². The summed E-state index contributed by atoms with van der Waals surface area (Å²) in [5, 5.41) is 0. The van der Waals surface area contributed by atoms with Crippen LogP contribution in [-0.4, -0.2) is 28.0 Å². The number of hydrogen-bond acceptors (Lipinski definition) is 2. The van der Waals surface area contributed by atoms with Crippen LogP contribution in [0.1, 0.15) is 43.0 Å². The second-order valence-corrected chi connectivity index (χ2v) is 4.88. The zero-order valence-electron chi connectivity index (χ0n) is 9.66.